The molecule has 0 fully saturated rings. The van der Waals surface area contributed by atoms with Gasteiger partial charge in [0.25, 0.3) is 0 Å². The Kier molecular flexibility index (Phi) is 24.3. The second-order valence-electron chi connectivity index (χ2n) is 0.250. The van der Waals surface area contributed by atoms with Crippen LogP contribution in [0.3, 0.4) is 0 Å². The molecule has 0 unspecified atom stereocenters. The van der Waals surface area contributed by atoms with Crippen LogP contribution in [0.15, 0.2) is 0 Å². The van der Waals surface area contributed by atoms with Crippen molar-refractivity contribution in [2.45, 2.75) is 0 Å². The zero-order chi connectivity index (χ0) is 3.58. The molecular formula is CHO4Tb. The molecule has 0 rings (SSSR count). The summed E-state index contributed by atoms with van der Waals surface area (Å²) in [6.07, 6.45) is -2.33. The van der Waals surface area contributed by atoms with E-state index in [1.54, 1.807) is 0 Å². The summed E-state index contributed by atoms with van der Waals surface area (Å²) in [5.41, 5.74) is 0. The Morgan fingerprint density at radius 2 is 1.33 bits per heavy atom. The summed E-state index contributed by atoms with van der Waals surface area (Å²) in [7, 11) is 0. The smallest absolute Gasteiger partial charge is 0.870 e. The van der Waals surface area contributed by atoms with Crippen LogP contribution in [0.5, 0.6) is 0 Å². The first-order chi connectivity index (χ1) is 1.73. The summed E-state index contributed by atoms with van der Waals surface area (Å²) in [6.45, 7) is 0. The van der Waals surface area contributed by atoms with Crippen molar-refractivity contribution in [3.8, 4) is 0 Å². The summed E-state index contributed by atoms with van der Waals surface area (Å²) in [5.74, 6) is 0. The standard InChI is InChI=1S/CH2O3.H2O.Tb/c2-1(3)4;;/h(H2,2,3,4);1H2;/q;;+3/p-3. The van der Waals surface area contributed by atoms with E-state index in [9.17, 15) is 0 Å². The molecule has 1 N–H and O–H groups in total. The van der Waals surface area contributed by atoms with Crippen molar-refractivity contribution in [2.24, 2.45) is 0 Å². The van der Waals surface area contributed by atoms with Gasteiger partial charge in [-0.25, -0.2) is 0 Å². The second-order valence-corrected chi connectivity index (χ2v) is 0.250. The van der Waals surface area contributed by atoms with Crippen molar-refractivity contribution in [2.75, 3.05) is 0 Å². The Morgan fingerprint density at radius 3 is 1.33 bits per heavy atom. The van der Waals surface area contributed by atoms with E-state index >= 15 is 0 Å². The number of carboxylic acid groups (broad SMARTS) is 2. The van der Waals surface area contributed by atoms with Gasteiger partial charge in [-0.1, -0.05) is 0 Å². The van der Waals surface area contributed by atoms with Crippen molar-refractivity contribution >= 4 is 6.16 Å². The minimum Gasteiger partial charge on any atom is -0.870 e. The van der Waals surface area contributed by atoms with Gasteiger partial charge in [-0.3, -0.25) is 0 Å². The van der Waals surface area contributed by atoms with Crippen molar-refractivity contribution in [3.63, 3.8) is 0 Å². The molecule has 0 aliphatic rings. The molecule has 0 spiro atoms. The van der Waals surface area contributed by atoms with E-state index in [0.717, 1.165) is 0 Å². The third-order valence-corrected chi connectivity index (χ3v) is 0. The van der Waals surface area contributed by atoms with Crippen LogP contribution in [0.2, 0.25) is 0 Å². The van der Waals surface area contributed by atoms with Crippen molar-refractivity contribution in [1.82, 2.24) is 0 Å². The number of carbonyl (C=O) groups is 1. The summed E-state index contributed by atoms with van der Waals surface area (Å²) in [5, 5.41) is 16.7. The Hall–Kier alpha value is 0.516. The summed E-state index contributed by atoms with van der Waals surface area (Å²) in [6, 6.07) is 0. The third kappa shape index (κ3) is 210. The molecule has 0 saturated heterocycles. The molecule has 5 heteroatoms. The molecule has 0 atom stereocenters. The molecule has 0 bridgehead atoms. The average Bonchev–Trinajstić information content (AvgIpc) is 0.811. The molecule has 0 aliphatic carbocycles. The number of hydrogen-bond donors (Lipinski definition) is 0. The van der Waals surface area contributed by atoms with E-state index in [4.69, 9.17) is 15.0 Å². The fraction of sp³-hybridized carbons (Fsp3) is 0. The Morgan fingerprint density at radius 1 is 1.33 bits per heavy atom. The normalized spacial score (nSPS) is 4.00. The predicted octanol–water partition coefficient (Wildman–Crippen LogP) is -2.62. The molecule has 0 aromatic heterocycles. The van der Waals surface area contributed by atoms with E-state index in [-0.39, 0.29) is 44.1 Å². The molecule has 38 valence electrons. The Balaban J connectivity index is -0.0000000450. The van der Waals surface area contributed by atoms with E-state index in [2.05, 4.69) is 0 Å². The fourth-order valence-electron chi connectivity index (χ4n) is 0. The first-order valence-corrected chi connectivity index (χ1v) is 0.612. The summed E-state index contributed by atoms with van der Waals surface area (Å²) in [4.78, 5) is 8.33. The van der Waals surface area contributed by atoms with Crippen LogP contribution in [0.25, 0.3) is 0 Å². The Labute approximate surface area is 64.9 Å². The number of hydrogen-bond acceptors (Lipinski definition) is 4. The molecule has 0 amide bonds. The molecule has 0 heterocycles. The molecule has 0 aliphatic heterocycles. The second kappa shape index (κ2) is 9.10. The average molecular weight is 236 g/mol. The van der Waals surface area contributed by atoms with E-state index < -0.39 is 6.16 Å². The quantitative estimate of drug-likeness (QED) is 0.460. The predicted molar refractivity (Wildman–Crippen MR) is 7.33 cm³/mol. The maximum Gasteiger partial charge on any atom is 3.00 e. The van der Waals surface area contributed by atoms with Crippen molar-refractivity contribution in [3.05, 3.63) is 0 Å². The van der Waals surface area contributed by atoms with Crippen LogP contribution in [0.4, 0.5) is 4.79 Å². The topological polar surface area (TPSA) is 93.2 Å². The van der Waals surface area contributed by atoms with Gasteiger partial charge in [-0.05, 0) is 6.16 Å². The minimum atomic E-state index is -2.33. The SMILES string of the molecule is O=C([O-])[O-].[OH-].[Tb+3]. The zero-order valence-electron chi connectivity index (χ0n) is 2.51. The van der Waals surface area contributed by atoms with Gasteiger partial charge in [-0.15, -0.1) is 0 Å². The van der Waals surface area contributed by atoms with Crippen LogP contribution in [-0.2, 0) is 0 Å². The largest absolute Gasteiger partial charge is 3.00 e. The van der Waals surface area contributed by atoms with Gasteiger partial charge in [0.2, 0.25) is 0 Å². The van der Waals surface area contributed by atoms with E-state index in [1.807, 2.05) is 0 Å². The van der Waals surface area contributed by atoms with Gasteiger partial charge in [0.15, 0.2) is 0 Å². The third-order valence-electron chi connectivity index (χ3n) is 0. The van der Waals surface area contributed by atoms with Crippen LogP contribution in [0.1, 0.15) is 0 Å². The van der Waals surface area contributed by atoms with Gasteiger partial charge < -0.3 is 20.5 Å². The first-order valence-electron chi connectivity index (χ1n) is 0.612. The van der Waals surface area contributed by atoms with Gasteiger partial charge in [0.05, 0.1) is 0 Å². The molecule has 0 aromatic carbocycles. The molecule has 4 nitrogen and oxygen atoms in total. The van der Waals surface area contributed by atoms with E-state index in [0.29, 0.717) is 0 Å². The number of carbonyl (C=O) groups excluding carboxylic acids is 1. The van der Waals surface area contributed by atoms with Crippen LogP contribution < -0.4 is 10.2 Å². The Bertz CT molecular complexity index is 30.5. The van der Waals surface area contributed by atoms with E-state index in [1.165, 1.54) is 0 Å². The first kappa shape index (κ1) is 16.0. The van der Waals surface area contributed by atoms with Crippen LogP contribution in [0, 0.1) is 38.6 Å². The maximum absolute atomic E-state index is 8.33. The van der Waals surface area contributed by atoms with Gasteiger partial charge >= 0.3 is 38.6 Å². The number of rotatable bonds is 0. The van der Waals surface area contributed by atoms with Crippen LogP contribution >= 0.6 is 0 Å². The monoisotopic (exact) mass is 236 g/mol. The molecule has 0 radical (unpaired) electrons. The molecule has 0 aromatic rings. The van der Waals surface area contributed by atoms with Crippen LogP contribution in [-0.4, -0.2) is 11.6 Å². The fourth-order valence-corrected chi connectivity index (χ4v) is 0. The minimum absolute atomic E-state index is 0. The summed E-state index contributed by atoms with van der Waals surface area (Å²) < 4.78 is 0. The van der Waals surface area contributed by atoms with Crippen molar-refractivity contribution in [1.29, 1.82) is 0 Å². The summed E-state index contributed by atoms with van der Waals surface area (Å²) >= 11 is 0. The van der Waals surface area contributed by atoms with Gasteiger partial charge in [0, 0.05) is 0 Å². The zero-order valence-corrected chi connectivity index (χ0v) is 4.64. The van der Waals surface area contributed by atoms with Gasteiger partial charge in [0.1, 0.15) is 0 Å². The molecular weight excluding hydrogens is 235 g/mol. The molecule has 6 heavy (non-hydrogen) atoms. The maximum atomic E-state index is 8.33. The van der Waals surface area contributed by atoms with Crippen molar-refractivity contribution < 1.29 is 59.1 Å². The van der Waals surface area contributed by atoms with Gasteiger partial charge in [-0.2, -0.15) is 0 Å². The molecule has 0 saturated carbocycles.